The largest absolute Gasteiger partial charge is 0.502 e. The second-order valence-corrected chi connectivity index (χ2v) is 6.67. The van der Waals surface area contributed by atoms with Crippen molar-refractivity contribution >= 4 is 5.69 Å². The topological polar surface area (TPSA) is 64.5 Å². The molecule has 0 saturated carbocycles. The van der Waals surface area contributed by atoms with Crippen molar-refractivity contribution in [2.45, 2.75) is 52.1 Å². The second kappa shape index (κ2) is 8.68. The molecule has 0 fully saturated rings. The minimum absolute atomic E-state index is 0.242. The van der Waals surface area contributed by atoms with E-state index < -0.39 is 79.3 Å². The van der Waals surface area contributed by atoms with E-state index in [0.717, 1.165) is 0 Å². The molecule has 0 unspecified atom stereocenters. The third-order valence-electron chi connectivity index (χ3n) is 4.19. The number of hydrogen-bond donors (Lipinski definition) is 1. The third kappa shape index (κ3) is 3.94. The molecule has 2 aromatic carbocycles. The number of nitrogens with zero attached hydrogens (tertiary/aromatic N) is 3. The summed E-state index contributed by atoms with van der Waals surface area (Å²) in [5, 5.41) is 6.48. The maximum atomic E-state index is 8.94. The standard InChI is InChI=1S/C24H26N4O2/c1-5-13-26-20-11-10-17-18(20)7-6-8-19(17)23-27-24(30-28-23)16-9-12-22(29-15(2)3)21(14-16)25-4/h6-9,12,14-15,20,26H,5,10-11,13H2,1-3H3/t20-/m0/s1/i5D2,6D,7D,8D,9D,10D2,12D,14D,20D. The van der Waals surface area contributed by atoms with Crippen LogP contribution in [0.5, 0.6) is 5.75 Å². The van der Waals surface area contributed by atoms with E-state index in [9.17, 15) is 0 Å². The van der Waals surface area contributed by atoms with Gasteiger partial charge in [0.1, 0.15) is 5.75 Å². The highest BCUT2D eigenvalue weighted by Gasteiger charge is 2.26. The number of nitrogens with one attached hydrogen (secondary N) is 1. The highest BCUT2D eigenvalue weighted by atomic mass is 16.5. The van der Waals surface area contributed by atoms with Gasteiger partial charge in [0.2, 0.25) is 11.5 Å². The zero-order valence-corrected chi connectivity index (χ0v) is 16.6. The molecular formula is C24H26N4O2. The van der Waals surface area contributed by atoms with E-state index in [1.165, 1.54) is 6.92 Å². The van der Waals surface area contributed by atoms with Crippen LogP contribution in [0.3, 0.4) is 0 Å². The zero-order valence-electron chi connectivity index (χ0n) is 27.6. The molecular weight excluding hydrogens is 376 g/mol. The molecule has 0 radical (unpaired) electrons. The van der Waals surface area contributed by atoms with Gasteiger partial charge in [-0.1, -0.05) is 30.2 Å². The molecule has 1 aliphatic carbocycles. The van der Waals surface area contributed by atoms with E-state index in [2.05, 4.69) is 20.3 Å². The smallest absolute Gasteiger partial charge is 0.256 e. The molecule has 1 atom stereocenters. The van der Waals surface area contributed by atoms with Crippen LogP contribution in [0.25, 0.3) is 27.7 Å². The number of aromatic nitrogens is 2. The molecule has 0 bridgehead atoms. The second-order valence-electron chi connectivity index (χ2n) is 6.67. The van der Waals surface area contributed by atoms with Crippen molar-refractivity contribution in [2.75, 3.05) is 6.54 Å². The lowest BCUT2D eigenvalue weighted by Gasteiger charge is -2.13. The van der Waals surface area contributed by atoms with Gasteiger partial charge in [0.05, 0.1) is 20.9 Å². The van der Waals surface area contributed by atoms with E-state index >= 15 is 0 Å². The van der Waals surface area contributed by atoms with Crippen LogP contribution >= 0.6 is 0 Å². The van der Waals surface area contributed by atoms with Crippen molar-refractivity contribution in [3.63, 3.8) is 0 Å². The van der Waals surface area contributed by atoms with Crippen LogP contribution in [0.2, 0.25) is 0 Å². The molecule has 0 saturated heterocycles. The van der Waals surface area contributed by atoms with Gasteiger partial charge in [-0.3, -0.25) is 0 Å². The highest BCUT2D eigenvalue weighted by molar-refractivity contribution is 5.70. The molecule has 0 aliphatic heterocycles. The number of hydrogen-bond acceptors (Lipinski definition) is 5. The normalized spacial score (nSPS) is 25.1. The highest BCUT2D eigenvalue weighted by Crippen LogP contribution is 2.38. The van der Waals surface area contributed by atoms with Crippen molar-refractivity contribution in [3.05, 3.63) is 58.8 Å². The van der Waals surface area contributed by atoms with Gasteiger partial charge in [0.25, 0.3) is 5.89 Å². The summed E-state index contributed by atoms with van der Waals surface area (Å²) in [7, 11) is 0. The monoisotopic (exact) mass is 413 g/mol. The molecule has 0 spiro atoms. The van der Waals surface area contributed by atoms with Crippen LogP contribution in [-0.4, -0.2) is 22.8 Å². The minimum atomic E-state index is -2.33. The molecule has 3 aromatic rings. The lowest BCUT2D eigenvalue weighted by molar-refractivity contribution is 0.244. The summed E-state index contributed by atoms with van der Waals surface area (Å²) in [6, 6.07) is -5.36. The van der Waals surface area contributed by atoms with Gasteiger partial charge in [-0.2, -0.15) is 4.98 Å². The minimum Gasteiger partial charge on any atom is -0.502 e. The van der Waals surface area contributed by atoms with E-state index in [0.29, 0.717) is 0 Å². The van der Waals surface area contributed by atoms with Crippen molar-refractivity contribution in [3.8, 4) is 28.6 Å². The molecule has 154 valence electrons. The molecule has 6 nitrogen and oxygen atoms in total. The van der Waals surface area contributed by atoms with Crippen LogP contribution in [0.15, 0.2) is 40.8 Å². The molecule has 6 heteroatoms. The molecule has 4 rings (SSSR count). The quantitative estimate of drug-likeness (QED) is 0.501. The predicted octanol–water partition coefficient (Wildman–Crippen LogP) is 5.73. The summed E-state index contributed by atoms with van der Waals surface area (Å²) in [5.41, 5.74) is -1.58. The predicted molar refractivity (Wildman–Crippen MR) is 117 cm³/mol. The SMILES string of the molecule is [2H]c1c([2H])c(-c2noc(-c3c([2H])c([2H])c(OC(C)C)c([N+]#[C-])c3[2H])n2)c2c(c1[2H])[C@@]([2H])(NCC([2H])([2H])C)CC2([2H])[2H]. The number of benzene rings is 2. The number of ether oxygens (including phenoxy) is 1. The fraction of sp³-hybridized carbons (Fsp3) is 0.375. The third-order valence-corrected chi connectivity index (χ3v) is 4.19. The summed E-state index contributed by atoms with van der Waals surface area (Å²) in [6.45, 7) is 11.8. The Kier molecular flexibility index (Phi) is 3.11. The maximum Gasteiger partial charge on any atom is 0.256 e. The Morgan fingerprint density at radius 1 is 1.47 bits per heavy atom. The van der Waals surface area contributed by atoms with Gasteiger partial charge >= 0.3 is 0 Å². The Morgan fingerprint density at radius 3 is 3.10 bits per heavy atom. The van der Waals surface area contributed by atoms with Gasteiger partial charge in [-0.05, 0) is 68.8 Å². The van der Waals surface area contributed by atoms with Crippen molar-refractivity contribution in [1.82, 2.24) is 15.5 Å². The Bertz CT molecular complexity index is 1590. The lowest BCUT2D eigenvalue weighted by Crippen LogP contribution is -2.19. The van der Waals surface area contributed by atoms with Gasteiger partial charge in [0.15, 0.2) is 0 Å². The van der Waals surface area contributed by atoms with Crippen LogP contribution < -0.4 is 10.1 Å². The van der Waals surface area contributed by atoms with Crippen LogP contribution in [-0.2, 0) is 6.37 Å². The van der Waals surface area contributed by atoms with Crippen molar-refractivity contribution in [2.24, 2.45) is 0 Å². The summed E-state index contributed by atoms with van der Waals surface area (Å²) in [6.07, 6.45) is -5.10. The van der Waals surface area contributed by atoms with Gasteiger partial charge in [-0.15, -0.1) is 0 Å². The first kappa shape index (κ1) is 10.7. The number of rotatable bonds is 7. The Morgan fingerprint density at radius 2 is 2.33 bits per heavy atom. The molecule has 1 N–H and O–H groups in total. The molecule has 30 heavy (non-hydrogen) atoms. The lowest BCUT2D eigenvalue weighted by atomic mass is 10.0. The van der Waals surface area contributed by atoms with Gasteiger partial charge in [-0.25, -0.2) is 4.85 Å². The molecule has 0 amide bonds. The van der Waals surface area contributed by atoms with Crippen molar-refractivity contribution < 1.29 is 24.3 Å². The summed E-state index contributed by atoms with van der Waals surface area (Å²) in [4.78, 5) is 7.46. The fourth-order valence-electron chi connectivity index (χ4n) is 2.91. The average molecular weight is 414 g/mol. The zero-order chi connectivity index (χ0) is 30.8. The van der Waals surface area contributed by atoms with Gasteiger partial charge in [0, 0.05) is 24.0 Å². The van der Waals surface area contributed by atoms with E-state index in [4.69, 9.17) is 30.9 Å². The fourth-order valence-corrected chi connectivity index (χ4v) is 2.91. The Labute approximate surface area is 192 Å². The van der Waals surface area contributed by atoms with Gasteiger partial charge < -0.3 is 14.6 Å². The summed E-state index contributed by atoms with van der Waals surface area (Å²) < 4.78 is 103. The molecule has 1 aromatic heterocycles. The summed E-state index contributed by atoms with van der Waals surface area (Å²) in [5.74, 6) is -1.12. The Hall–Kier alpha value is -3.17. The number of fused-ring (bicyclic) bond motifs is 1. The van der Waals surface area contributed by atoms with E-state index in [1.54, 1.807) is 13.8 Å². The Balaban J connectivity index is 1.95. The molecule has 1 heterocycles. The first-order chi connectivity index (χ1) is 18.8. The van der Waals surface area contributed by atoms with Crippen LogP contribution in [0, 0.1) is 6.57 Å². The van der Waals surface area contributed by atoms with E-state index in [1.807, 2.05) is 0 Å². The molecule has 1 aliphatic rings. The van der Waals surface area contributed by atoms with E-state index in [-0.39, 0.29) is 40.2 Å². The first-order valence-corrected chi connectivity index (χ1v) is 9.26. The first-order valence-electron chi connectivity index (χ1n) is 14.8. The van der Waals surface area contributed by atoms with Crippen LogP contribution in [0.4, 0.5) is 5.69 Å². The van der Waals surface area contributed by atoms with Crippen LogP contribution in [0.1, 0.15) is 65.8 Å². The van der Waals surface area contributed by atoms with Crippen molar-refractivity contribution in [1.29, 1.82) is 0 Å². The maximum absolute atomic E-state index is 8.94. The average Bonchev–Trinajstić information content (AvgIpc) is 3.40. The summed E-state index contributed by atoms with van der Waals surface area (Å²) >= 11 is 0.